The van der Waals surface area contributed by atoms with E-state index < -0.39 is 0 Å². The molecule has 6 nitrogen and oxygen atoms in total. The molecule has 3 aromatic heterocycles. The normalized spacial score (nSPS) is 10.4. The van der Waals surface area contributed by atoms with E-state index >= 15 is 0 Å². The van der Waals surface area contributed by atoms with Gasteiger partial charge in [-0.25, -0.2) is 4.98 Å². The average Bonchev–Trinajstić information content (AvgIpc) is 3.32. The number of carbonyl (C=O) groups excluding carboxylic acids is 1. The lowest BCUT2D eigenvalue weighted by atomic mass is 10.2. The van der Waals surface area contributed by atoms with E-state index in [-0.39, 0.29) is 5.91 Å². The number of anilines is 1. The summed E-state index contributed by atoms with van der Waals surface area (Å²) in [4.78, 5) is 22.1. The van der Waals surface area contributed by atoms with Gasteiger partial charge < -0.3 is 14.8 Å². The first-order valence-electron chi connectivity index (χ1n) is 9.31. The molecule has 0 radical (unpaired) electrons. The van der Waals surface area contributed by atoms with E-state index in [9.17, 15) is 4.79 Å². The molecule has 1 aromatic carbocycles. The van der Waals surface area contributed by atoms with Gasteiger partial charge in [0, 0.05) is 29.0 Å². The van der Waals surface area contributed by atoms with Gasteiger partial charge in [0.05, 0.1) is 0 Å². The summed E-state index contributed by atoms with van der Waals surface area (Å²) in [6, 6.07) is 18.3. The van der Waals surface area contributed by atoms with Crippen LogP contribution in [0.3, 0.4) is 0 Å². The number of nitrogens with one attached hydrogen (secondary N) is 1. The number of nitrogens with zero attached hydrogens (tertiary/aromatic N) is 2. The first kappa shape index (κ1) is 19.6. The van der Waals surface area contributed by atoms with Crippen molar-refractivity contribution in [3.8, 4) is 11.5 Å². The third-order valence-corrected chi connectivity index (χ3v) is 5.05. The van der Waals surface area contributed by atoms with Crippen LogP contribution in [0.5, 0.6) is 11.5 Å². The Morgan fingerprint density at radius 2 is 1.83 bits per heavy atom. The van der Waals surface area contributed by atoms with Gasteiger partial charge in [0.25, 0.3) is 5.91 Å². The van der Waals surface area contributed by atoms with Gasteiger partial charge in [-0.2, -0.15) is 0 Å². The summed E-state index contributed by atoms with van der Waals surface area (Å²) in [7, 11) is 0. The maximum absolute atomic E-state index is 12.8. The van der Waals surface area contributed by atoms with E-state index in [0.717, 1.165) is 10.4 Å². The second-order valence-electron chi connectivity index (χ2n) is 6.34. The number of hydrogen-bond acceptors (Lipinski definition) is 6. The first-order valence-corrected chi connectivity index (χ1v) is 10.2. The molecule has 0 saturated heterocycles. The van der Waals surface area contributed by atoms with Crippen LogP contribution in [0.2, 0.25) is 0 Å². The molecule has 0 spiro atoms. The number of thiophene rings is 1. The van der Waals surface area contributed by atoms with Crippen molar-refractivity contribution in [2.24, 2.45) is 0 Å². The molecule has 3 heterocycles. The molecule has 7 heteroatoms. The summed E-state index contributed by atoms with van der Waals surface area (Å²) in [6.07, 6.45) is 5.02. The fraction of sp³-hybridized carbons (Fsp3) is 0.0870. The van der Waals surface area contributed by atoms with Gasteiger partial charge >= 0.3 is 0 Å². The highest BCUT2D eigenvalue weighted by Crippen LogP contribution is 2.24. The highest BCUT2D eigenvalue weighted by molar-refractivity contribution is 7.09. The van der Waals surface area contributed by atoms with E-state index in [1.807, 2.05) is 35.7 Å². The van der Waals surface area contributed by atoms with Crippen molar-refractivity contribution in [3.05, 3.63) is 101 Å². The number of carbonyl (C=O) groups is 1. The molecule has 150 valence electrons. The van der Waals surface area contributed by atoms with Crippen molar-refractivity contribution >= 4 is 23.1 Å². The molecular formula is C23H19N3O3S. The van der Waals surface area contributed by atoms with Gasteiger partial charge in [0.2, 0.25) is 0 Å². The van der Waals surface area contributed by atoms with E-state index in [4.69, 9.17) is 9.47 Å². The van der Waals surface area contributed by atoms with Gasteiger partial charge in [-0.15, -0.1) is 11.3 Å². The standard InChI is InChI=1S/C23H19N3O3S/c27-23(18-4-1-5-19(14-18)28-16-20-6-3-13-30-20)26-22-21(7-2-10-25-22)29-15-17-8-11-24-12-9-17/h1-14H,15-16H2,(H,25,26,27). The highest BCUT2D eigenvalue weighted by atomic mass is 32.1. The SMILES string of the molecule is O=C(Nc1ncccc1OCc1ccncc1)c1cccc(OCc2cccs2)c1. The van der Waals surface area contributed by atoms with Crippen LogP contribution < -0.4 is 14.8 Å². The Hall–Kier alpha value is -3.71. The number of amides is 1. The van der Waals surface area contributed by atoms with Crippen LogP contribution in [0.25, 0.3) is 0 Å². The fourth-order valence-electron chi connectivity index (χ4n) is 2.70. The van der Waals surface area contributed by atoms with Crippen molar-refractivity contribution in [2.75, 3.05) is 5.32 Å². The second-order valence-corrected chi connectivity index (χ2v) is 7.38. The summed E-state index contributed by atoms with van der Waals surface area (Å²) in [6.45, 7) is 0.819. The number of hydrogen-bond donors (Lipinski definition) is 1. The quantitative estimate of drug-likeness (QED) is 0.439. The Balaban J connectivity index is 1.42. The van der Waals surface area contributed by atoms with Crippen LogP contribution in [0.15, 0.2) is 84.6 Å². The van der Waals surface area contributed by atoms with Crippen molar-refractivity contribution < 1.29 is 14.3 Å². The maximum Gasteiger partial charge on any atom is 0.257 e. The molecule has 0 aliphatic carbocycles. The molecule has 0 aliphatic heterocycles. The Kier molecular flexibility index (Phi) is 6.31. The minimum atomic E-state index is -0.288. The van der Waals surface area contributed by atoms with Crippen LogP contribution in [0.1, 0.15) is 20.8 Å². The zero-order valence-electron chi connectivity index (χ0n) is 16.0. The van der Waals surface area contributed by atoms with Crippen LogP contribution in [-0.2, 0) is 13.2 Å². The predicted octanol–water partition coefficient (Wildman–Crippen LogP) is 4.95. The topological polar surface area (TPSA) is 73.3 Å². The third-order valence-electron chi connectivity index (χ3n) is 4.20. The fourth-order valence-corrected chi connectivity index (χ4v) is 3.31. The van der Waals surface area contributed by atoms with Crippen LogP contribution in [-0.4, -0.2) is 15.9 Å². The Morgan fingerprint density at radius 1 is 0.933 bits per heavy atom. The molecule has 0 unspecified atom stereocenters. The molecule has 4 aromatic rings. The minimum absolute atomic E-state index is 0.288. The van der Waals surface area contributed by atoms with Crippen molar-refractivity contribution in [1.29, 1.82) is 0 Å². The lowest BCUT2D eigenvalue weighted by molar-refractivity contribution is 0.102. The summed E-state index contributed by atoms with van der Waals surface area (Å²) in [5.41, 5.74) is 1.45. The third kappa shape index (κ3) is 5.21. The molecule has 0 fully saturated rings. The molecule has 0 atom stereocenters. The molecule has 30 heavy (non-hydrogen) atoms. The Bertz CT molecular complexity index is 1100. The lowest BCUT2D eigenvalue weighted by Gasteiger charge is -2.12. The lowest BCUT2D eigenvalue weighted by Crippen LogP contribution is -2.14. The van der Waals surface area contributed by atoms with Crippen molar-refractivity contribution in [2.45, 2.75) is 13.2 Å². The summed E-state index contributed by atoms with van der Waals surface area (Å²) < 4.78 is 11.6. The Labute approximate surface area is 178 Å². The van der Waals surface area contributed by atoms with E-state index in [1.54, 1.807) is 60.3 Å². The number of rotatable bonds is 8. The highest BCUT2D eigenvalue weighted by Gasteiger charge is 2.12. The zero-order valence-corrected chi connectivity index (χ0v) is 16.8. The smallest absolute Gasteiger partial charge is 0.257 e. The van der Waals surface area contributed by atoms with Gasteiger partial charge in [0.15, 0.2) is 11.6 Å². The van der Waals surface area contributed by atoms with E-state index in [0.29, 0.717) is 36.1 Å². The molecular weight excluding hydrogens is 398 g/mol. The number of ether oxygens (including phenoxy) is 2. The zero-order chi connectivity index (χ0) is 20.6. The average molecular weight is 417 g/mol. The summed E-state index contributed by atoms with van der Waals surface area (Å²) >= 11 is 1.63. The van der Waals surface area contributed by atoms with Crippen molar-refractivity contribution in [1.82, 2.24) is 9.97 Å². The van der Waals surface area contributed by atoms with Crippen molar-refractivity contribution in [3.63, 3.8) is 0 Å². The molecule has 0 saturated carbocycles. The minimum Gasteiger partial charge on any atom is -0.488 e. The molecule has 1 N–H and O–H groups in total. The van der Waals surface area contributed by atoms with E-state index in [1.165, 1.54) is 0 Å². The number of pyridine rings is 2. The van der Waals surface area contributed by atoms with Crippen LogP contribution >= 0.6 is 11.3 Å². The Morgan fingerprint density at radius 3 is 2.67 bits per heavy atom. The van der Waals surface area contributed by atoms with Gasteiger partial charge in [0.1, 0.15) is 19.0 Å². The van der Waals surface area contributed by atoms with Crippen LogP contribution in [0.4, 0.5) is 5.82 Å². The molecule has 0 bridgehead atoms. The number of aromatic nitrogens is 2. The van der Waals surface area contributed by atoms with Gasteiger partial charge in [-0.3, -0.25) is 9.78 Å². The van der Waals surface area contributed by atoms with Gasteiger partial charge in [-0.1, -0.05) is 12.1 Å². The predicted molar refractivity (Wildman–Crippen MR) is 116 cm³/mol. The monoisotopic (exact) mass is 417 g/mol. The second kappa shape index (κ2) is 9.67. The first-order chi connectivity index (χ1) is 14.8. The molecule has 4 rings (SSSR count). The maximum atomic E-state index is 12.8. The van der Waals surface area contributed by atoms with Gasteiger partial charge in [-0.05, 0) is 59.5 Å². The van der Waals surface area contributed by atoms with E-state index in [2.05, 4.69) is 15.3 Å². The largest absolute Gasteiger partial charge is 0.488 e. The number of benzene rings is 1. The molecule has 0 aliphatic rings. The summed E-state index contributed by atoms with van der Waals surface area (Å²) in [5.74, 6) is 1.20. The summed E-state index contributed by atoms with van der Waals surface area (Å²) in [5, 5.41) is 4.82. The van der Waals surface area contributed by atoms with Crippen LogP contribution in [0, 0.1) is 0 Å². The molecule has 1 amide bonds.